The fourth-order valence-electron chi connectivity index (χ4n) is 5.50. The molecule has 1 aromatic carbocycles. The standard InChI is InChI=1S/C25H26FN5O4/c1-15-10-16(2-3-17(15)26)12-27-21(32)18-11-19(31-20(30-18)4-9-29-31)22(33)28-14-24-5-7-25(13-24,8-6-24)23(34)35/h2-4,9-11H,5-8,12-14H2,1H3,(H,27,32)(H,28,33)(H,34,35). The number of nitrogens with zero attached hydrogens (tertiary/aromatic N) is 3. The highest BCUT2D eigenvalue weighted by atomic mass is 19.1. The van der Waals surface area contributed by atoms with E-state index < -0.39 is 23.2 Å². The third kappa shape index (κ3) is 4.13. The van der Waals surface area contributed by atoms with E-state index in [1.54, 1.807) is 25.1 Å². The monoisotopic (exact) mass is 479 g/mol. The minimum absolute atomic E-state index is 0.0618. The van der Waals surface area contributed by atoms with Crippen LogP contribution in [-0.4, -0.2) is 44.0 Å². The van der Waals surface area contributed by atoms with Crippen molar-refractivity contribution in [1.29, 1.82) is 0 Å². The van der Waals surface area contributed by atoms with Crippen molar-refractivity contribution in [2.75, 3.05) is 6.54 Å². The van der Waals surface area contributed by atoms with Gasteiger partial charge in [-0.25, -0.2) is 13.9 Å². The van der Waals surface area contributed by atoms with Gasteiger partial charge < -0.3 is 15.7 Å². The summed E-state index contributed by atoms with van der Waals surface area (Å²) < 4.78 is 14.9. The maximum absolute atomic E-state index is 13.5. The second-order valence-electron chi connectivity index (χ2n) is 9.84. The number of aromatic nitrogens is 3. The number of hydrogen-bond acceptors (Lipinski definition) is 5. The van der Waals surface area contributed by atoms with E-state index in [1.165, 1.54) is 22.8 Å². The highest BCUT2D eigenvalue weighted by Crippen LogP contribution is 2.61. The van der Waals surface area contributed by atoms with Crippen molar-refractivity contribution in [1.82, 2.24) is 25.2 Å². The van der Waals surface area contributed by atoms with Gasteiger partial charge >= 0.3 is 5.97 Å². The van der Waals surface area contributed by atoms with Crippen molar-refractivity contribution in [3.8, 4) is 0 Å². The quantitative estimate of drug-likeness (QED) is 0.479. The summed E-state index contributed by atoms with van der Waals surface area (Å²) in [6, 6.07) is 7.60. The molecule has 35 heavy (non-hydrogen) atoms. The van der Waals surface area contributed by atoms with Gasteiger partial charge in [-0.05, 0) is 61.6 Å². The van der Waals surface area contributed by atoms with Gasteiger partial charge in [-0.2, -0.15) is 5.10 Å². The average Bonchev–Trinajstić information content (AvgIpc) is 3.57. The number of aliphatic carboxylic acids is 1. The van der Waals surface area contributed by atoms with Crippen molar-refractivity contribution < 1.29 is 23.9 Å². The lowest BCUT2D eigenvalue weighted by atomic mass is 9.82. The van der Waals surface area contributed by atoms with E-state index >= 15 is 0 Å². The van der Waals surface area contributed by atoms with E-state index in [0.717, 1.165) is 18.4 Å². The normalized spacial score (nSPS) is 22.9. The molecule has 2 aliphatic carbocycles. The van der Waals surface area contributed by atoms with Crippen LogP contribution >= 0.6 is 0 Å². The maximum atomic E-state index is 13.5. The fraction of sp³-hybridized carbons (Fsp3) is 0.400. The number of halogens is 1. The number of aryl methyl sites for hydroxylation is 1. The Morgan fingerprint density at radius 3 is 2.54 bits per heavy atom. The summed E-state index contributed by atoms with van der Waals surface area (Å²) in [6.45, 7) is 2.21. The average molecular weight is 480 g/mol. The number of nitrogens with one attached hydrogen (secondary N) is 2. The van der Waals surface area contributed by atoms with Crippen LogP contribution in [-0.2, 0) is 11.3 Å². The molecule has 0 atom stereocenters. The fourth-order valence-corrected chi connectivity index (χ4v) is 5.50. The van der Waals surface area contributed by atoms with Crippen LogP contribution in [0, 0.1) is 23.6 Å². The first kappa shape index (κ1) is 22.9. The third-order valence-corrected chi connectivity index (χ3v) is 7.56. The maximum Gasteiger partial charge on any atom is 0.309 e. The van der Waals surface area contributed by atoms with Gasteiger partial charge in [0.15, 0.2) is 5.65 Å². The van der Waals surface area contributed by atoms with E-state index in [1.807, 2.05) is 0 Å². The molecule has 2 aromatic heterocycles. The van der Waals surface area contributed by atoms with Gasteiger partial charge in [-0.3, -0.25) is 14.4 Å². The molecule has 10 heteroatoms. The Balaban J connectivity index is 1.31. The van der Waals surface area contributed by atoms with Crippen LogP contribution in [0.1, 0.15) is 64.2 Å². The molecule has 3 aromatic rings. The van der Waals surface area contributed by atoms with Gasteiger partial charge in [0.1, 0.15) is 17.2 Å². The Morgan fingerprint density at radius 2 is 1.86 bits per heavy atom. The predicted octanol–water partition coefficient (Wildman–Crippen LogP) is 2.87. The van der Waals surface area contributed by atoms with Crippen molar-refractivity contribution in [3.05, 3.63) is 64.9 Å². The largest absolute Gasteiger partial charge is 0.481 e. The topological polar surface area (TPSA) is 126 Å². The predicted molar refractivity (Wildman–Crippen MR) is 123 cm³/mol. The second kappa shape index (κ2) is 8.44. The zero-order valence-corrected chi connectivity index (χ0v) is 19.3. The molecular formula is C25H26FN5O4. The van der Waals surface area contributed by atoms with E-state index in [2.05, 4.69) is 20.7 Å². The molecule has 2 amide bonds. The summed E-state index contributed by atoms with van der Waals surface area (Å²) in [6.07, 6.45) is 4.87. The van der Waals surface area contributed by atoms with Crippen LogP contribution in [0.2, 0.25) is 0 Å². The second-order valence-corrected chi connectivity index (χ2v) is 9.84. The minimum Gasteiger partial charge on any atom is -0.481 e. The molecule has 182 valence electrons. The molecule has 9 nitrogen and oxygen atoms in total. The summed E-state index contributed by atoms with van der Waals surface area (Å²) in [5, 5.41) is 19.5. The van der Waals surface area contributed by atoms with Crippen LogP contribution in [0.3, 0.4) is 0 Å². The van der Waals surface area contributed by atoms with Gasteiger partial charge in [0, 0.05) is 25.2 Å². The Labute approximate surface area is 200 Å². The van der Waals surface area contributed by atoms with Crippen LogP contribution in [0.4, 0.5) is 4.39 Å². The van der Waals surface area contributed by atoms with Crippen LogP contribution < -0.4 is 10.6 Å². The molecule has 3 N–H and O–H groups in total. The van der Waals surface area contributed by atoms with Crippen molar-refractivity contribution >= 4 is 23.4 Å². The smallest absolute Gasteiger partial charge is 0.309 e. The first-order valence-electron chi connectivity index (χ1n) is 11.6. The Morgan fingerprint density at radius 1 is 1.09 bits per heavy atom. The minimum atomic E-state index is -0.748. The van der Waals surface area contributed by atoms with Gasteiger partial charge in [0.05, 0.1) is 11.6 Å². The van der Waals surface area contributed by atoms with Crippen molar-refractivity contribution in [3.63, 3.8) is 0 Å². The van der Waals surface area contributed by atoms with Crippen molar-refractivity contribution in [2.45, 2.75) is 45.6 Å². The summed E-state index contributed by atoms with van der Waals surface area (Å²) in [7, 11) is 0. The van der Waals surface area contributed by atoms with Crippen LogP contribution in [0.25, 0.3) is 5.65 Å². The molecule has 0 aliphatic heterocycles. The first-order valence-corrected chi connectivity index (χ1v) is 11.6. The summed E-state index contributed by atoms with van der Waals surface area (Å²) >= 11 is 0. The zero-order chi connectivity index (χ0) is 24.8. The van der Waals surface area contributed by atoms with Crippen LogP contribution in [0.5, 0.6) is 0 Å². The van der Waals surface area contributed by atoms with E-state index in [-0.39, 0.29) is 29.2 Å². The van der Waals surface area contributed by atoms with Gasteiger partial charge in [0.2, 0.25) is 0 Å². The molecule has 0 saturated heterocycles. The highest BCUT2D eigenvalue weighted by molar-refractivity contribution is 5.98. The van der Waals surface area contributed by atoms with Gasteiger partial charge in [0.25, 0.3) is 11.8 Å². The summed E-state index contributed by atoms with van der Waals surface area (Å²) in [4.78, 5) is 42.0. The lowest BCUT2D eigenvalue weighted by Gasteiger charge is -2.26. The molecule has 2 fully saturated rings. The molecule has 0 spiro atoms. The summed E-state index contributed by atoms with van der Waals surface area (Å²) in [5.41, 5.74) is 0.934. The third-order valence-electron chi connectivity index (χ3n) is 7.56. The lowest BCUT2D eigenvalue weighted by Crippen LogP contribution is -2.36. The number of carboxylic acids is 1. The number of benzene rings is 1. The molecule has 5 rings (SSSR count). The van der Waals surface area contributed by atoms with Crippen molar-refractivity contribution in [2.24, 2.45) is 10.8 Å². The number of hydrogen-bond donors (Lipinski definition) is 3. The number of amides is 2. The molecule has 2 saturated carbocycles. The highest BCUT2D eigenvalue weighted by Gasteiger charge is 2.58. The SMILES string of the molecule is Cc1cc(CNC(=O)c2cc(C(=O)NCC34CCC(C(=O)O)(CC3)C4)n3nccc3n2)ccc1F. The molecule has 2 aliphatic rings. The number of carbonyl (C=O) groups is 3. The Hall–Kier alpha value is -3.82. The number of fused-ring (bicyclic) bond motifs is 3. The number of carboxylic acid groups (broad SMARTS) is 1. The van der Waals surface area contributed by atoms with Gasteiger partial charge in [-0.1, -0.05) is 12.1 Å². The molecular weight excluding hydrogens is 453 g/mol. The molecule has 2 heterocycles. The number of rotatable bonds is 7. The van der Waals surface area contributed by atoms with E-state index in [4.69, 9.17) is 0 Å². The van der Waals surface area contributed by atoms with E-state index in [0.29, 0.717) is 37.0 Å². The zero-order valence-electron chi connectivity index (χ0n) is 19.3. The molecule has 0 unspecified atom stereocenters. The van der Waals surface area contributed by atoms with Crippen LogP contribution in [0.15, 0.2) is 36.5 Å². The first-order chi connectivity index (χ1) is 16.7. The summed E-state index contributed by atoms with van der Waals surface area (Å²) in [5.74, 6) is -1.94. The lowest BCUT2D eigenvalue weighted by molar-refractivity contribution is -0.148. The Bertz CT molecular complexity index is 1340. The van der Waals surface area contributed by atoms with Gasteiger partial charge in [-0.15, -0.1) is 0 Å². The molecule has 0 radical (unpaired) electrons. The number of carbonyl (C=O) groups excluding carboxylic acids is 2. The van der Waals surface area contributed by atoms with E-state index in [9.17, 15) is 23.9 Å². The Kier molecular flexibility index (Phi) is 5.53. The molecule has 2 bridgehead atoms.